The Morgan fingerprint density at radius 1 is 1.40 bits per heavy atom. The van der Waals surface area contributed by atoms with Crippen LogP contribution in [0.3, 0.4) is 0 Å². The Bertz CT molecular complexity index is 808. The minimum absolute atomic E-state index is 0.0380. The molecule has 25 heavy (non-hydrogen) atoms. The standard InChI is InChI=1S/C15H18ClFN4O3S/c1-15(22)6-21(4-5-24-7-15)12-8-10(18-14(20-12)25-3)9(17)11(16)19-13(8)23-2/h22H,4-7H2,1-3H3. The van der Waals surface area contributed by atoms with Crippen molar-refractivity contribution in [3.63, 3.8) is 0 Å². The van der Waals surface area contributed by atoms with Crippen LogP contribution in [0, 0.1) is 5.82 Å². The van der Waals surface area contributed by atoms with E-state index in [0.29, 0.717) is 29.5 Å². The summed E-state index contributed by atoms with van der Waals surface area (Å²) in [5.41, 5.74) is -1.03. The van der Waals surface area contributed by atoms with E-state index in [-0.39, 0.29) is 29.7 Å². The number of nitrogens with zero attached hydrogens (tertiary/aromatic N) is 4. The Kier molecular flexibility index (Phi) is 5.19. The molecule has 0 aliphatic carbocycles. The van der Waals surface area contributed by atoms with Crippen molar-refractivity contribution in [1.82, 2.24) is 15.0 Å². The van der Waals surface area contributed by atoms with Crippen molar-refractivity contribution in [1.29, 1.82) is 0 Å². The summed E-state index contributed by atoms with van der Waals surface area (Å²) in [4.78, 5) is 14.5. The zero-order chi connectivity index (χ0) is 18.2. The summed E-state index contributed by atoms with van der Waals surface area (Å²) in [5, 5.41) is 10.8. The van der Waals surface area contributed by atoms with E-state index in [2.05, 4.69) is 15.0 Å². The molecule has 1 aliphatic heterocycles. The summed E-state index contributed by atoms with van der Waals surface area (Å²) in [6, 6.07) is 0. The number of hydrogen-bond acceptors (Lipinski definition) is 8. The number of β-amino-alcohol motifs (C(OH)–C–C–N with tert-alkyl or cyclic N) is 1. The fourth-order valence-electron chi connectivity index (χ4n) is 2.73. The van der Waals surface area contributed by atoms with Gasteiger partial charge in [-0.3, -0.25) is 0 Å². The van der Waals surface area contributed by atoms with E-state index in [0.717, 1.165) is 0 Å². The average molecular weight is 389 g/mol. The lowest BCUT2D eigenvalue weighted by Crippen LogP contribution is -2.42. The van der Waals surface area contributed by atoms with Gasteiger partial charge in [-0.05, 0) is 13.2 Å². The van der Waals surface area contributed by atoms with E-state index in [9.17, 15) is 9.50 Å². The molecule has 136 valence electrons. The Hall–Kier alpha value is -1.42. The molecule has 2 aromatic heterocycles. The molecule has 7 nitrogen and oxygen atoms in total. The van der Waals surface area contributed by atoms with Gasteiger partial charge < -0.3 is 19.5 Å². The molecule has 0 saturated carbocycles. The van der Waals surface area contributed by atoms with E-state index in [1.54, 1.807) is 13.2 Å². The monoisotopic (exact) mass is 388 g/mol. The lowest BCUT2D eigenvalue weighted by atomic mass is 10.1. The number of methoxy groups -OCH3 is 1. The maximum absolute atomic E-state index is 14.6. The molecule has 1 N–H and O–H groups in total. The SMILES string of the molecule is COc1nc(Cl)c(F)c2nc(SC)nc(N3CCOCC(C)(O)C3)c12. The van der Waals surface area contributed by atoms with Crippen LogP contribution in [0.5, 0.6) is 5.88 Å². The minimum Gasteiger partial charge on any atom is -0.480 e. The summed E-state index contributed by atoms with van der Waals surface area (Å²) in [6.07, 6.45) is 1.80. The van der Waals surface area contributed by atoms with Gasteiger partial charge in [-0.25, -0.2) is 14.4 Å². The fourth-order valence-corrected chi connectivity index (χ4v) is 3.25. The average Bonchev–Trinajstić information content (AvgIpc) is 2.77. The van der Waals surface area contributed by atoms with E-state index in [1.807, 2.05) is 4.90 Å². The van der Waals surface area contributed by atoms with Crippen molar-refractivity contribution < 1.29 is 19.0 Å². The first-order chi connectivity index (χ1) is 11.9. The van der Waals surface area contributed by atoms with Crippen molar-refractivity contribution in [3.8, 4) is 5.88 Å². The number of halogens is 2. The lowest BCUT2D eigenvalue weighted by molar-refractivity contribution is -0.0123. The first-order valence-corrected chi connectivity index (χ1v) is 9.16. The van der Waals surface area contributed by atoms with E-state index < -0.39 is 11.4 Å². The molecule has 1 unspecified atom stereocenters. The first-order valence-electron chi connectivity index (χ1n) is 7.56. The lowest BCUT2D eigenvalue weighted by Gasteiger charge is -2.29. The Morgan fingerprint density at radius 2 is 2.16 bits per heavy atom. The predicted molar refractivity (Wildman–Crippen MR) is 94.3 cm³/mol. The molecule has 3 rings (SSSR count). The topological polar surface area (TPSA) is 80.6 Å². The highest BCUT2D eigenvalue weighted by atomic mass is 35.5. The fraction of sp³-hybridized carbons (Fsp3) is 0.533. The zero-order valence-electron chi connectivity index (χ0n) is 14.0. The minimum atomic E-state index is -1.07. The van der Waals surface area contributed by atoms with Gasteiger partial charge in [-0.15, -0.1) is 0 Å². The molecular formula is C15H18ClFN4O3S. The molecular weight excluding hydrogens is 371 g/mol. The van der Waals surface area contributed by atoms with Gasteiger partial charge in [-0.1, -0.05) is 23.4 Å². The van der Waals surface area contributed by atoms with Crippen LogP contribution >= 0.6 is 23.4 Å². The van der Waals surface area contributed by atoms with Crippen molar-refractivity contribution in [2.75, 3.05) is 44.6 Å². The third-order valence-electron chi connectivity index (χ3n) is 3.80. The van der Waals surface area contributed by atoms with Gasteiger partial charge in [0.15, 0.2) is 16.1 Å². The van der Waals surface area contributed by atoms with Crippen LogP contribution < -0.4 is 9.64 Å². The second-order valence-electron chi connectivity index (χ2n) is 5.95. The molecule has 3 heterocycles. The van der Waals surface area contributed by atoms with Gasteiger partial charge in [0.1, 0.15) is 22.3 Å². The molecule has 0 radical (unpaired) electrons. The molecule has 1 atom stereocenters. The van der Waals surface area contributed by atoms with Crippen molar-refractivity contribution in [2.45, 2.75) is 17.7 Å². The molecule has 10 heteroatoms. The molecule has 0 amide bonds. The van der Waals surface area contributed by atoms with E-state index in [4.69, 9.17) is 21.1 Å². The third kappa shape index (κ3) is 3.59. The summed E-state index contributed by atoms with van der Waals surface area (Å²) in [5.74, 6) is -0.164. The molecule has 0 spiro atoms. The maximum atomic E-state index is 14.6. The summed E-state index contributed by atoms with van der Waals surface area (Å²) in [6.45, 7) is 3.03. The maximum Gasteiger partial charge on any atom is 0.228 e. The Morgan fingerprint density at radius 3 is 2.84 bits per heavy atom. The second-order valence-corrected chi connectivity index (χ2v) is 7.09. The number of fused-ring (bicyclic) bond motifs is 1. The highest BCUT2D eigenvalue weighted by Crippen LogP contribution is 2.36. The van der Waals surface area contributed by atoms with Crippen LogP contribution in [0.25, 0.3) is 10.9 Å². The first kappa shape index (κ1) is 18.4. The van der Waals surface area contributed by atoms with Crippen LogP contribution in [-0.2, 0) is 4.74 Å². The summed E-state index contributed by atoms with van der Waals surface area (Å²) >= 11 is 7.15. The van der Waals surface area contributed by atoms with Gasteiger partial charge in [0.25, 0.3) is 0 Å². The van der Waals surface area contributed by atoms with Gasteiger partial charge >= 0.3 is 0 Å². The van der Waals surface area contributed by atoms with Crippen molar-refractivity contribution in [2.24, 2.45) is 0 Å². The van der Waals surface area contributed by atoms with Gasteiger partial charge in [0, 0.05) is 6.54 Å². The second kappa shape index (κ2) is 7.06. The van der Waals surface area contributed by atoms with Gasteiger partial charge in [0.2, 0.25) is 5.88 Å². The van der Waals surface area contributed by atoms with Crippen LogP contribution in [0.1, 0.15) is 6.92 Å². The molecule has 1 saturated heterocycles. The van der Waals surface area contributed by atoms with Gasteiger partial charge in [-0.2, -0.15) is 4.98 Å². The largest absolute Gasteiger partial charge is 0.480 e. The number of pyridine rings is 1. The number of hydrogen-bond donors (Lipinski definition) is 1. The number of thioether (sulfide) groups is 1. The number of anilines is 1. The summed E-state index contributed by atoms with van der Waals surface area (Å²) in [7, 11) is 1.42. The number of aliphatic hydroxyl groups is 1. The van der Waals surface area contributed by atoms with E-state index >= 15 is 0 Å². The third-order valence-corrected chi connectivity index (χ3v) is 4.60. The summed E-state index contributed by atoms with van der Waals surface area (Å²) < 4.78 is 25.3. The highest BCUT2D eigenvalue weighted by molar-refractivity contribution is 7.98. The Labute approximate surface area is 153 Å². The molecule has 0 aromatic carbocycles. The molecule has 1 fully saturated rings. The predicted octanol–water partition coefficient (Wildman–Crippen LogP) is 2.14. The molecule has 0 bridgehead atoms. The Balaban J connectivity index is 2.27. The molecule has 1 aliphatic rings. The van der Waals surface area contributed by atoms with Crippen LogP contribution in [0.4, 0.5) is 10.2 Å². The van der Waals surface area contributed by atoms with Crippen LogP contribution in [0.15, 0.2) is 5.16 Å². The zero-order valence-corrected chi connectivity index (χ0v) is 15.6. The quantitative estimate of drug-likeness (QED) is 0.486. The number of ether oxygens (including phenoxy) is 2. The molecule has 2 aromatic rings. The number of rotatable bonds is 3. The van der Waals surface area contributed by atoms with Crippen LogP contribution in [0.2, 0.25) is 5.15 Å². The van der Waals surface area contributed by atoms with Gasteiger partial charge in [0.05, 0.1) is 26.9 Å². The van der Waals surface area contributed by atoms with Crippen LogP contribution in [-0.4, -0.2) is 65.3 Å². The van der Waals surface area contributed by atoms with Crippen molar-refractivity contribution >= 4 is 40.1 Å². The normalized spacial score (nSPS) is 21.4. The number of aromatic nitrogens is 3. The van der Waals surface area contributed by atoms with E-state index in [1.165, 1.54) is 18.9 Å². The highest BCUT2D eigenvalue weighted by Gasteiger charge is 2.31. The van der Waals surface area contributed by atoms with Crippen molar-refractivity contribution in [3.05, 3.63) is 11.0 Å². The smallest absolute Gasteiger partial charge is 0.228 e.